The van der Waals surface area contributed by atoms with E-state index in [4.69, 9.17) is 9.84 Å². The van der Waals surface area contributed by atoms with Crippen molar-refractivity contribution in [2.45, 2.75) is 59.0 Å². The molecule has 1 N–H and O–H groups in total. The zero-order chi connectivity index (χ0) is 18.3. The summed E-state index contributed by atoms with van der Waals surface area (Å²) < 4.78 is 5.29. The molecule has 0 aliphatic rings. The molecule has 0 spiro atoms. The minimum Gasteiger partial charge on any atom is -0.478 e. The lowest BCUT2D eigenvalue weighted by Crippen LogP contribution is -2.35. The van der Waals surface area contributed by atoms with Crippen molar-refractivity contribution in [2.75, 3.05) is 20.8 Å². The van der Waals surface area contributed by atoms with E-state index in [1.165, 1.54) is 0 Å². The SMILES string of the molecule is COCCC(CCC(C)(C)C)N(C)C(C)c1ccc(C(=O)O)cc1. The maximum absolute atomic E-state index is 11.0. The molecule has 1 aromatic carbocycles. The number of hydrogen-bond acceptors (Lipinski definition) is 3. The van der Waals surface area contributed by atoms with Crippen molar-refractivity contribution < 1.29 is 14.6 Å². The largest absolute Gasteiger partial charge is 0.478 e. The molecule has 0 fully saturated rings. The Kier molecular flexibility index (Phi) is 7.91. The molecule has 0 aliphatic carbocycles. The van der Waals surface area contributed by atoms with Gasteiger partial charge in [0.05, 0.1) is 5.56 Å². The topological polar surface area (TPSA) is 49.8 Å². The highest BCUT2D eigenvalue weighted by molar-refractivity contribution is 5.87. The Morgan fingerprint density at radius 3 is 2.25 bits per heavy atom. The summed E-state index contributed by atoms with van der Waals surface area (Å²) in [5.41, 5.74) is 1.79. The first-order valence-electron chi connectivity index (χ1n) is 8.70. The Labute approximate surface area is 146 Å². The molecule has 0 amide bonds. The van der Waals surface area contributed by atoms with Crippen LogP contribution in [0.1, 0.15) is 68.9 Å². The van der Waals surface area contributed by atoms with Gasteiger partial charge >= 0.3 is 5.97 Å². The third-order valence-corrected chi connectivity index (χ3v) is 4.71. The van der Waals surface area contributed by atoms with Crippen LogP contribution in [0.3, 0.4) is 0 Å². The maximum atomic E-state index is 11.0. The monoisotopic (exact) mass is 335 g/mol. The first-order chi connectivity index (χ1) is 11.2. The number of rotatable bonds is 9. The number of methoxy groups -OCH3 is 1. The van der Waals surface area contributed by atoms with E-state index in [2.05, 4.69) is 39.6 Å². The van der Waals surface area contributed by atoms with Crippen LogP contribution in [0, 0.1) is 5.41 Å². The van der Waals surface area contributed by atoms with Gasteiger partial charge in [-0.15, -0.1) is 0 Å². The summed E-state index contributed by atoms with van der Waals surface area (Å²) in [6.07, 6.45) is 3.29. The normalized spacial score (nSPS) is 14.6. The number of hydrogen-bond donors (Lipinski definition) is 1. The summed E-state index contributed by atoms with van der Waals surface area (Å²) >= 11 is 0. The summed E-state index contributed by atoms with van der Waals surface area (Å²) in [5.74, 6) is -0.884. The summed E-state index contributed by atoms with van der Waals surface area (Å²) in [6.45, 7) is 9.74. The van der Waals surface area contributed by atoms with E-state index < -0.39 is 5.97 Å². The van der Waals surface area contributed by atoms with E-state index in [0.717, 1.165) is 31.4 Å². The molecule has 0 saturated heterocycles. The van der Waals surface area contributed by atoms with E-state index in [0.29, 0.717) is 17.0 Å². The van der Waals surface area contributed by atoms with Gasteiger partial charge < -0.3 is 9.84 Å². The molecule has 0 heterocycles. The lowest BCUT2D eigenvalue weighted by molar-refractivity contribution is 0.0696. The van der Waals surface area contributed by atoms with Crippen molar-refractivity contribution in [1.82, 2.24) is 4.90 Å². The van der Waals surface area contributed by atoms with E-state index in [9.17, 15) is 4.79 Å². The Hall–Kier alpha value is -1.39. The highest BCUT2D eigenvalue weighted by atomic mass is 16.5. The van der Waals surface area contributed by atoms with Crippen LogP contribution in [-0.4, -0.2) is 42.8 Å². The average molecular weight is 335 g/mol. The minimum absolute atomic E-state index is 0.231. The third kappa shape index (κ3) is 6.62. The number of aromatic carboxylic acids is 1. The standard InChI is InChI=1S/C20H33NO3/c1-15(16-7-9-17(10-8-16)19(22)23)21(5)18(12-14-24-6)11-13-20(2,3)4/h7-10,15,18H,11-14H2,1-6H3,(H,22,23). The van der Waals surface area contributed by atoms with Crippen LogP contribution in [0.15, 0.2) is 24.3 Å². The molecule has 4 heteroatoms. The van der Waals surface area contributed by atoms with Crippen molar-refractivity contribution in [3.8, 4) is 0 Å². The fourth-order valence-electron chi connectivity index (χ4n) is 2.86. The molecule has 0 saturated carbocycles. The third-order valence-electron chi connectivity index (χ3n) is 4.71. The fraction of sp³-hybridized carbons (Fsp3) is 0.650. The van der Waals surface area contributed by atoms with Crippen LogP contribution in [-0.2, 0) is 4.74 Å². The number of carbonyl (C=O) groups is 1. The molecule has 24 heavy (non-hydrogen) atoms. The smallest absolute Gasteiger partial charge is 0.335 e. The van der Waals surface area contributed by atoms with Gasteiger partial charge in [-0.1, -0.05) is 32.9 Å². The molecule has 2 atom stereocenters. The van der Waals surface area contributed by atoms with Crippen LogP contribution >= 0.6 is 0 Å². The summed E-state index contributed by atoms with van der Waals surface area (Å²) in [6, 6.07) is 7.87. The van der Waals surface area contributed by atoms with Crippen LogP contribution in [0.4, 0.5) is 0 Å². The molecule has 0 aliphatic heterocycles. The fourth-order valence-corrected chi connectivity index (χ4v) is 2.86. The number of nitrogens with zero attached hydrogens (tertiary/aromatic N) is 1. The lowest BCUT2D eigenvalue weighted by Gasteiger charge is -2.35. The Morgan fingerprint density at radius 2 is 1.79 bits per heavy atom. The molecule has 0 bridgehead atoms. The van der Waals surface area contributed by atoms with Crippen molar-refractivity contribution in [3.63, 3.8) is 0 Å². The molecule has 1 aromatic rings. The molecule has 0 radical (unpaired) electrons. The van der Waals surface area contributed by atoms with Gasteiger partial charge in [-0.25, -0.2) is 4.79 Å². The molecular formula is C20H33NO3. The quantitative estimate of drug-likeness (QED) is 0.716. The van der Waals surface area contributed by atoms with E-state index in [1.807, 2.05) is 12.1 Å². The first kappa shape index (κ1) is 20.7. The van der Waals surface area contributed by atoms with Crippen molar-refractivity contribution >= 4 is 5.97 Å². The Morgan fingerprint density at radius 1 is 1.21 bits per heavy atom. The average Bonchev–Trinajstić information content (AvgIpc) is 2.52. The van der Waals surface area contributed by atoms with Crippen LogP contribution in [0.25, 0.3) is 0 Å². The zero-order valence-corrected chi connectivity index (χ0v) is 16.0. The van der Waals surface area contributed by atoms with Gasteiger partial charge in [0.1, 0.15) is 0 Å². The maximum Gasteiger partial charge on any atom is 0.335 e. The number of carboxylic acid groups (broad SMARTS) is 1. The Bertz CT molecular complexity index is 505. The molecule has 136 valence electrons. The second-order valence-electron chi connectivity index (χ2n) is 7.80. The molecule has 1 rings (SSSR count). The second kappa shape index (κ2) is 9.19. The molecule has 0 aromatic heterocycles. The van der Waals surface area contributed by atoms with Gasteiger partial charge in [0.25, 0.3) is 0 Å². The summed E-state index contributed by atoms with van der Waals surface area (Å²) in [5, 5.41) is 9.03. The molecule has 2 unspecified atom stereocenters. The van der Waals surface area contributed by atoms with Crippen LogP contribution in [0.5, 0.6) is 0 Å². The summed E-state index contributed by atoms with van der Waals surface area (Å²) in [4.78, 5) is 13.4. The molecule has 4 nitrogen and oxygen atoms in total. The number of carboxylic acids is 1. The van der Waals surface area contributed by atoms with E-state index >= 15 is 0 Å². The zero-order valence-electron chi connectivity index (χ0n) is 16.0. The highest BCUT2D eigenvalue weighted by Crippen LogP contribution is 2.28. The van der Waals surface area contributed by atoms with Crippen LogP contribution < -0.4 is 0 Å². The van der Waals surface area contributed by atoms with Crippen molar-refractivity contribution in [3.05, 3.63) is 35.4 Å². The van der Waals surface area contributed by atoms with Gasteiger partial charge in [0.15, 0.2) is 0 Å². The summed E-state index contributed by atoms with van der Waals surface area (Å²) in [7, 11) is 3.90. The van der Waals surface area contributed by atoms with Gasteiger partial charge in [0.2, 0.25) is 0 Å². The number of ether oxygens (including phenoxy) is 1. The number of benzene rings is 1. The van der Waals surface area contributed by atoms with Gasteiger partial charge in [0, 0.05) is 25.8 Å². The van der Waals surface area contributed by atoms with Gasteiger partial charge in [-0.3, -0.25) is 4.90 Å². The van der Waals surface area contributed by atoms with Gasteiger partial charge in [-0.2, -0.15) is 0 Å². The Balaban J connectivity index is 2.82. The lowest BCUT2D eigenvalue weighted by atomic mass is 9.87. The van der Waals surface area contributed by atoms with Crippen LogP contribution in [0.2, 0.25) is 0 Å². The van der Waals surface area contributed by atoms with Crippen molar-refractivity contribution in [2.24, 2.45) is 5.41 Å². The predicted molar refractivity (Wildman–Crippen MR) is 98.5 cm³/mol. The highest BCUT2D eigenvalue weighted by Gasteiger charge is 2.23. The van der Waals surface area contributed by atoms with E-state index in [-0.39, 0.29) is 6.04 Å². The van der Waals surface area contributed by atoms with E-state index in [1.54, 1.807) is 19.2 Å². The predicted octanol–water partition coefficient (Wildman–Crippen LogP) is 4.61. The minimum atomic E-state index is -0.884. The van der Waals surface area contributed by atoms with Crippen molar-refractivity contribution in [1.29, 1.82) is 0 Å². The second-order valence-corrected chi connectivity index (χ2v) is 7.80. The van der Waals surface area contributed by atoms with Gasteiger partial charge in [-0.05, 0) is 56.3 Å². The first-order valence-corrected chi connectivity index (χ1v) is 8.70. The molecular weight excluding hydrogens is 302 g/mol.